The van der Waals surface area contributed by atoms with E-state index in [1.165, 1.54) is 0 Å². The van der Waals surface area contributed by atoms with Gasteiger partial charge in [-0.1, -0.05) is 23.7 Å². The number of benzene rings is 2. The molecule has 0 saturated heterocycles. The fraction of sp³-hybridized carbons (Fsp3) is 0.118. The van der Waals surface area contributed by atoms with Gasteiger partial charge in [0.1, 0.15) is 19.0 Å². The fourth-order valence-electron chi connectivity index (χ4n) is 2.45. The monoisotopic (exact) mass is 312 g/mol. The maximum atomic E-state index is 6.20. The van der Waals surface area contributed by atoms with Crippen molar-refractivity contribution in [3.63, 3.8) is 0 Å². The molecule has 110 valence electrons. The second-order valence-corrected chi connectivity index (χ2v) is 5.40. The summed E-state index contributed by atoms with van der Waals surface area (Å²) in [7, 11) is 0. The van der Waals surface area contributed by atoms with Crippen molar-refractivity contribution >= 4 is 34.0 Å². The van der Waals surface area contributed by atoms with Crippen LogP contribution in [0.15, 0.2) is 48.5 Å². The van der Waals surface area contributed by atoms with Gasteiger partial charge in [0, 0.05) is 17.1 Å². The topological polar surface area (TPSA) is 43.4 Å². The van der Waals surface area contributed by atoms with Crippen molar-refractivity contribution in [1.82, 2.24) is 4.98 Å². The number of halogens is 1. The SMILES string of the molecule is Clc1cccc2ccc(Nc3ccc4c(c3)OCCO4)nc12. The highest BCUT2D eigenvalue weighted by atomic mass is 35.5. The first-order chi connectivity index (χ1) is 10.8. The van der Waals surface area contributed by atoms with Crippen LogP contribution in [-0.4, -0.2) is 18.2 Å². The summed E-state index contributed by atoms with van der Waals surface area (Å²) in [5, 5.41) is 4.92. The third-order valence-electron chi connectivity index (χ3n) is 3.49. The lowest BCUT2D eigenvalue weighted by molar-refractivity contribution is 0.171. The summed E-state index contributed by atoms with van der Waals surface area (Å²) in [6.45, 7) is 1.16. The van der Waals surface area contributed by atoms with Gasteiger partial charge < -0.3 is 14.8 Å². The fourth-order valence-corrected chi connectivity index (χ4v) is 2.67. The summed E-state index contributed by atoms with van der Waals surface area (Å²) < 4.78 is 11.1. The van der Waals surface area contributed by atoms with E-state index in [0.29, 0.717) is 18.2 Å². The summed E-state index contributed by atoms with van der Waals surface area (Å²) >= 11 is 6.20. The number of aromatic nitrogens is 1. The molecule has 0 bridgehead atoms. The maximum Gasteiger partial charge on any atom is 0.163 e. The van der Waals surface area contributed by atoms with Crippen molar-refractivity contribution in [1.29, 1.82) is 0 Å². The van der Waals surface area contributed by atoms with Crippen LogP contribution < -0.4 is 14.8 Å². The molecule has 0 saturated carbocycles. The van der Waals surface area contributed by atoms with E-state index in [1.54, 1.807) is 0 Å². The number of fused-ring (bicyclic) bond motifs is 2. The van der Waals surface area contributed by atoms with Gasteiger partial charge in [-0.2, -0.15) is 0 Å². The molecular weight excluding hydrogens is 300 g/mol. The van der Waals surface area contributed by atoms with E-state index in [9.17, 15) is 0 Å². The summed E-state index contributed by atoms with van der Waals surface area (Å²) in [5.74, 6) is 2.25. The number of nitrogens with zero attached hydrogens (tertiary/aromatic N) is 1. The molecule has 3 aromatic rings. The lowest BCUT2D eigenvalue weighted by atomic mass is 10.2. The number of rotatable bonds is 2. The number of hydrogen-bond acceptors (Lipinski definition) is 4. The van der Waals surface area contributed by atoms with Gasteiger partial charge in [0.25, 0.3) is 0 Å². The van der Waals surface area contributed by atoms with Crippen LogP contribution in [0, 0.1) is 0 Å². The maximum absolute atomic E-state index is 6.20. The molecule has 0 amide bonds. The molecule has 0 unspecified atom stereocenters. The van der Waals surface area contributed by atoms with Crippen molar-refractivity contribution in [3.8, 4) is 11.5 Å². The van der Waals surface area contributed by atoms with E-state index in [-0.39, 0.29) is 0 Å². The number of para-hydroxylation sites is 1. The highest BCUT2D eigenvalue weighted by molar-refractivity contribution is 6.35. The second-order valence-electron chi connectivity index (χ2n) is 4.99. The third kappa shape index (κ3) is 2.42. The predicted octanol–water partition coefficient (Wildman–Crippen LogP) is 4.40. The van der Waals surface area contributed by atoms with E-state index >= 15 is 0 Å². The molecule has 0 fully saturated rings. The molecule has 4 nitrogen and oxygen atoms in total. The van der Waals surface area contributed by atoms with Crippen molar-refractivity contribution in [2.75, 3.05) is 18.5 Å². The molecule has 5 heteroatoms. The molecule has 2 heterocycles. The molecule has 1 N–H and O–H groups in total. The van der Waals surface area contributed by atoms with Crippen LogP contribution in [0.25, 0.3) is 10.9 Å². The van der Waals surface area contributed by atoms with Crippen molar-refractivity contribution in [2.24, 2.45) is 0 Å². The van der Waals surface area contributed by atoms with Crippen LogP contribution in [-0.2, 0) is 0 Å². The minimum atomic E-state index is 0.570. The van der Waals surface area contributed by atoms with Gasteiger partial charge in [0.15, 0.2) is 11.5 Å². The Hall–Kier alpha value is -2.46. The number of nitrogens with one attached hydrogen (secondary N) is 1. The predicted molar refractivity (Wildman–Crippen MR) is 87.5 cm³/mol. The zero-order valence-corrected chi connectivity index (χ0v) is 12.4. The van der Waals surface area contributed by atoms with Crippen LogP contribution in [0.1, 0.15) is 0 Å². The molecule has 1 aromatic heterocycles. The Kier molecular flexibility index (Phi) is 3.24. The number of hydrogen-bond donors (Lipinski definition) is 1. The molecule has 0 radical (unpaired) electrons. The quantitative estimate of drug-likeness (QED) is 0.761. The van der Waals surface area contributed by atoms with Gasteiger partial charge >= 0.3 is 0 Å². The molecule has 1 aliphatic rings. The summed E-state index contributed by atoms with van der Waals surface area (Å²) in [5.41, 5.74) is 1.68. The van der Waals surface area contributed by atoms with Crippen LogP contribution >= 0.6 is 11.6 Å². The van der Waals surface area contributed by atoms with Gasteiger partial charge in [-0.15, -0.1) is 0 Å². The van der Waals surface area contributed by atoms with Crippen LogP contribution in [0.5, 0.6) is 11.5 Å². The Morgan fingerprint density at radius 3 is 2.73 bits per heavy atom. The van der Waals surface area contributed by atoms with Crippen molar-refractivity contribution in [3.05, 3.63) is 53.6 Å². The molecular formula is C17H13ClN2O2. The second kappa shape index (κ2) is 5.39. The molecule has 0 atom stereocenters. The largest absolute Gasteiger partial charge is 0.486 e. The molecule has 4 rings (SSSR count). The molecule has 22 heavy (non-hydrogen) atoms. The van der Waals surface area contributed by atoms with Gasteiger partial charge in [-0.25, -0.2) is 4.98 Å². The summed E-state index contributed by atoms with van der Waals surface area (Å²) in [4.78, 5) is 4.57. The lowest BCUT2D eigenvalue weighted by Gasteiger charge is -2.19. The van der Waals surface area contributed by atoms with Crippen molar-refractivity contribution < 1.29 is 9.47 Å². The van der Waals surface area contributed by atoms with Gasteiger partial charge in [-0.3, -0.25) is 0 Å². The molecule has 0 aliphatic carbocycles. The van der Waals surface area contributed by atoms with E-state index in [1.807, 2.05) is 48.5 Å². The first-order valence-corrected chi connectivity index (χ1v) is 7.39. The Morgan fingerprint density at radius 1 is 0.955 bits per heavy atom. The normalized spacial score (nSPS) is 13.1. The van der Waals surface area contributed by atoms with E-state index in [4.69, 9.17) is 21.1 Å². The van der Waals surface area contributed by atoms with Gasteiger partial charge in [0.2, 0.25) is 0 Å². The number of anilines is 2. The third-order valence-corrected chi connectivity index (χ3v) is 3.79. The molecule has 2 aromatic carbocycles. The first kappa shape index (κ1) is 13.2. The minimum absolute atomic E-state index is 0.570. The van der Waals surface area contributed by atoms with Crippen molar-refractivity contribution in [2.45, 2.75) is 0 Å². The standard InChI is InChI=1S/C17H13ClN2O2/c18-13-3-1-2-11-4-7-16(20-17(11)13)19-12-5-6-14-15(10-12)22-9-8-21-14/h1-7,10H,8-9H2,(H,19,20). The number of pyridine rings is 1. The Morgan fingerprint density at radius 2 is 1.82 bits per heavy atom. The Labute approximate surface area is 132 Å². The van der Waals surface area contributed by atoms with Crippen LogP contribution in [0.3, 0.4) is 0 Å². The highest BCUT2D eigenvalue weighted by Gasteiger charge is 2.12. The number of ether oxygens (including phenoxy) is 2. The van der Waals surface area contributed by atoms with E-state index < -0.39 is 0 Å². The average Bonchev–Trinajstić information content (AvgIpc) is 2.56. The van der Waals surface area contributed by atoms with Gasteiger partial charge in [0.05, 0.1) is 10.5 Å². The highest BCUT2D eigenvalue weighted by Crippen LogP contribution is 2.33. The smallest absolute Gasteiger partial charge is 0.163 e. The molecule has 0 spiro atoms. The lowest BCUT2D eigenvalue weighted by Crippen LogP contribution is -2.15. The Bertz CT molecular complexity index is 851. The zero-order chi connectivity index (χ0) is 14.9. The molecule has 1 aliphatic heterocycles. The average molecular weight is 313 g/mol. The summed E-state index contributed by atoms with van der Waals surface area (Å²) in [6.07, 6.45) is 0. The Balaban J connectivity index is 1.67. The van der Waals surface area contributed by atoms with Crippen LogP contribution in [0.2, 0.25) is 5.02 Å². The van der Waals surface area contributed by atoms with E-state index in [2.05, 4.69) is 10.3 Å². The summed E-state index contributed by atoms with van der Waals surface area (Å²) in [6, 6.07) is 15.4. The first-order valence-electron chi connectivity index (χ1n) is 7.01. The van der Waals surface area contributed by atoms with E-state index in [0.717, 1.165) is 33.9 Å². The van der Waals surface area contributed by atoms with Gasteiger partial charge in [-0.05, 0) is 30.3 Å². The van der Waals surface area contributed by atoms with Crippen LogP contribution in [0.4, 0.5) is 11.5 Å². The zero-order valence-electron chi connectivity index (χ0n) is 11.7. The minimum Gasteiger partial charge on any atom is -0.486 e.